The lowest BCUT2D eigenvalue weighted by atomic mass is 9.99. The van der Waals surface area contributed by atoms with Crippen LogP contribution in [0.1, 0.15) is 96.5 Å². The molecule has 0 saturated carbocycles. The molecule has 1 aromatic carbocycles. The zero-order chi connectivity index (χ0) is 15.9. The highest BCUT2D eigenvalue weighted by molar-refractivity contribution is 5.14. The van der Waals surface area contributed by atoms with Gasteiger partial charge in [0.1, 0.15) is 0 Å². The molecule has 0 saturated heterocycles. The second-order valence-electron chi connectivity index (χ2n) is 7.07. The van der Waals surface area contributed by atoms with Gasteiger partial charge in [-0.2, -0.15) is 0 Å². The van der Waals surface area contributed by atoms with Crippen molar-refractivity contribution in [2.24, 2.45) is 5.92 Å². The van der Waals surface area contributed by atoms with E-state index in [0.29, 0.717) is 0 Å². The van der Waals surface area contributed by atoms with Crippen LogP contribution >= 0.6 is 0 Å². The lowest BCUT2D eigenvalue weighted by molar-refractivity contribution is 0.469. The largest absolute Gasteiger partial charge is 0.0651 e. The van der Waals surface area contributed by atoms with Crippen molar-refractivity contribution in [3.63, 3.8) is 0 Å². The smallest absolute Gasteiger partial charge is 0.0279 e. The van der Waals surface area contributed by atoms with E-state index in [9.17, 15) is 0 Å². The van der Waals surface area contributed by atoms with Crippen LogP contribution in [0.25, 0.3) is 0 Å². The maximum Gasteiger partial charge on any atom is -0.0279 e. The van der Waals surface area contributed by atoms with E-state index in [4.69, 9.17) is 0 Å². The van der Waals surface area contributed by atoms with Crippen LogP contribution in [0.5, 0.6) is 0 Å². The van der Waals surface area contributed by atoms with Gasteiger partial charge < -0.3 is 0 Å². The van der Waals surface area contributed by atoms with Crippen LogP contribution in [0.4, 0.5) is 0 Å². The van der Waals surface area contributed by atoms with Crippen molar-refractivity contribution in [1.29, 1.82) is 0 Å². The molecular formula is C22H38. The number of hydrogen-bond donors (Lipinski definition) is 0. The predicted molar refractivity (Wildman–Crippen MR) is 100 cm³/mol. The van der Waals surface area contributed by atoms with Crippen LogP contribution in [0.2, 0.25) is 0 Å². The minimum Gasteiger partial charge on any atom is -0.0651 e. The van der Waals surface area contributed by atoms with Gasteiger partial charge in [0.05, 0.1) is 0 Å². The van der Waals surface area contributed by atoms with Crippen LogP contribution in [0.15, 0.2) is 30.3 Å². The number of benzene rings is 1. The number of unbranched alkanes of at least 4 members (excludes halogenated alkanes) is 9. The fourth-order valence-electron chi connectivity index (χ4n) is 3.08. The normalized spacial score (nSPS) is 12.5. The van der Waals surface area contributed by atoms with Crippen molar-refractivity contribution in [1.82, 2.24) is 0 Å². The molecule has 1 atom stereocenters. The summed E-state index contributed by atoms with van der Waals surface area (Å²) < 4.78 is 0. The maximum absolute atomic E-state index is 2.39. The van der Waals surface area contributed by atoms with Gasteiger partial charge in [0.15, 0.2) is 0 Å². The van der Waals surface area contributed by atoms with Gasteiger partial charge in [-0.25, -0.2) is 0 Å². The minimum atomic E-state index is 0.941. The Morgan fingerprint density at radius 3 is 1.73 bits per heavy atom. The van der Waals surface area contributed by atoms with Gasteiger partial charge in [0.25, 0.3) is 0 Å². The van der Waals surface area contributed by atoms with Crippen molar-refractivity contribution in [3.8, 4) is 0 Å². The molecule has 0 radical (unpaired) electrons. The third-order valence-corrected chi connectivity index (χ3v) is 4.95. The molecule has 0 N–H and O–H groups in total. The van der Waals surface area contributed by atoms with Gasteiger partial charge in [0.2, 0.25) is 0 Å². The van der Waals surface area contributed by atoms with Crippen molar-refractivity contribution in [3.05, 3.63) is 35.9 Å². The van der Waals surface area contributed by atoms with E-state index in [1.165, 1.54) is 89.0 Å². The number of aryl methyl sites for hydroxylation is 1. The summed E-state index contributed by atoms with van der Waals surface area (Å²) >= 11 is 0. The summed E-state index contributed by atoms with van der Waals surface area (Å²) in [6, 6.07) is 10.9. The highest BCUT2D eigenvalue weighted by Crippen LogP contribution is 2.15. The summed E-state index contributed by atoms with van der Waals surface area (Å²) in [5.41, 5.74) is 1.50. The van der Waals surface area contributed by atoms with Crippen molar-refractivity contribution < 1.29 is 0 Å². The standard InChI is InChI=1S/C22H38/c1-3-21(2)17-13-10-8-6-4-5-7-9-11-14-18-22-19-15-12-16-20-22/h12,15-16,19-21H,3-11,13-14,17-18H2,1-2H3. The fraction of sp³-hybridized carbons (Fsp3) is 0.727. The maximum atomic E-state index is 2.39. The first-order valence-corrected chi connectivity index (χ1v) is 9.87. The van der Waals surface area contributed by atoms with E-state index in [2.05, 4.69) is 44.2 Å². The molecule has 0 aliphatic carbocycles. The Hall–Kier alpha value is -0.780. The molecule has 126 valence electrons. The number of rotatable bonds is 14. The molecule has 22 heavy (non-hydrogen) atoms. The van der Waals surface area contributed by atoms with E-state index < -0.39 is 0 Å². The third-order valence-electron chi connectivity index (χ3n) is 4.95. The second-order valence-corrected chi connectivity index (χ2v) is 7.07. The lowest BCUT2D eigenvalue weighted by Gasteiger charge is -2.07. The predicted octanol–water partition coefficient (Wildman–Crippen LogP) is 7.57. The summed E-state index contributed by atoms with van der Waals surface area (Å²) in [7, 11) is 0. The summed E-state index contributed by atoms with van der Waals surface area (Å²) in [6.07, 6.45) is 18.5. The van der Waals surface area contributed by atoms with E-state index in [0.717, 1.165) is 5.92 Å². The van der Waals surface area contributed by atoms with Gasteiger partial charge in [0, 0.05) is 0 Å². The Bertz CT molecular complexity index is 327. The van der Waals surface area contributed by atoms with Crippen molar-refractivity contribution in [2.45, 2.75) is 97.3 Å². The van der Waals surface area contributed by atoms with E-state index >= 15 is 0 Å². The molecule has 1 aromatic rings. The average molecular weight is 303 g/mol. The third kappa shape index (κ3) is 10.9. The molecule has 0 spiro atoms. The van der Waals surface area contributed by atoms with Gasteiger partial charge in [-0.1, -0.05) is 115 Å². The zero-order valence-corrected chi connectivity index (χ0v) is 15.2. The first kappa shape index (κ1) is 19.3. The average Bonchev–Trinajstić information content (AvgIpc) is 2.56. The SMILES string of the molecule is CCC(C)CCCCCCCCCCCCc1ccccc1. The molecule has 0 aliphatic rings. The molecule has 1 unspecified atom stereocenters. The van der Waals surface area contributed by atoms with E-state index in [1.807, 2.05) is 0 Å². The highest BCUT2D eigenvalue weighted by atomic mass is 14.0. The molecule has 0 aliphatic heterocycles. The lowest BCUT2D eigenvalue weighted by Crippen LogP contribution is -1.91. The summed E-state index contributed by atoms with van der Waals surface area (Å²) in [5, 5.41) is 0. The van der Waals surface area contributed by atoms with Gasteiger partial charge >= 0.3 is 0 Å². The van der Waals surface area contributed by atoms with Crippen molar-refractivity contribution >= 4 is 0 Å². The molecule has 0 fully saturated rings. The molecule has 0 nitrogen and oxygen atoms in total. The zero-order valence-electron chi connectivity index (χ0n) is 15.2. The summed E-state index contributed by atoms with van der Waals surface area (Å²) in [5.74, 6) is 0.941. The Labute approximate surface area is 139 Å². The van der Waals surface area contributed by atoms with Gasteiger partial charge in [-0.3, -0.25) is 0 Å². The molecule has 0 aromatic heterocycles. The quantitative estimate of drug-likeness (QED) is 0.311. The van der Waals surface area contributed by atoms with Crippen LogP contribution < -0.4 is 0 Å². The Kier molecular flexibility index (Phi) is 12.1. The van der Waals surface area contributed by atoms with Crippen molar-refractivity contribution in [2.75, 3.05) is 0 Å². The molecule has 0 bridgehead atoms. The molecular weight excluding hydrogens is 264 g/mol. The van der Waals surface area contributed by atoms with E-state index in [-0.39, 0.29) is 0 Å². The Morgan fingerprint density at radius 1 is 0.682 bits per heavy atom. The van der Waals surface area contributed by atoms with Crippen LogP contribution in [0, 0.1) is 5.92 Å². The molecule has 0 amide bonds. The van der Waals surface area contributed by atoms with E-state index in [1.54, 1.807) is 0 Å². The Balaban J connectivity index is 1.77. The second kappa shape index (κ2) is 13.9. The molecule has 1 rings (SSSR count). The Morgan fingerprint density at radius 2 is 1.18 bits per heavy atom. The summed E-state index contributed by atoms with van der Waals surface area (Å²) in [6.45, 7) is 4.70. The fourth-order valence-corrected chi connectivity index (χ4v) is 3.08. The van der Waals surface area contributed by atoms with Crippen LogP contribution in [-0.2, 0) is 6.42 Å². The highest BCUT2D eigenvalue weighted by Gasteiger charge is 1.98. The number of hydrogen-bond acceptors (Lipinski definition) is 0. The topological polar surface area (TPSA) is 0 Å². The summed E-state index contributed by atoms with van der Waals surface area (Å²) in [4.78, 5) is 0. The first-order valence-electron chi connectivity index (χ1n) is 9.87. The monoisotopic (exact) mass is 302 g/mol. The molecule has 0 heteroatoms. The van der Waals surface area contributed by atoms with Gasteiger partial charge in [-0.15, -0.1) is 0 Å². The van der Waals surface area contributed by atoms with Crippen LogP contribution in [-0.4, -0.2) is 0 Å². The minimum absolute atomic E-state index is 0.941. The van der Waals surface area contributed by atoms with Gasteiger partial charge in [-0.05, 0) is 24.3 Å². The molecule has 0 heterocycles. The first-order chi connectivity index (χ1) is 10.8. The van der Waals surface area contributed by atoms with Crippen LogP contribution in [0.3, 0.4) is 0 Å².